The second-order valence-corrected chi connectivity index (χ2v) is 8.71. The molecule has 1 saturated heterocycles. The van der Waals surface area contributed by atoms with E-state index in [9.17, 15) is 4.39 Å². The number of halogens is 1. The normalized spacial score (nSPS) is 22.2. The van der Waals surface area contributed by atoms with Crippen LogP contribution in [0.1, 0.15) is 24.3 Å². The summed E-state index contributed by atoms with van der Waals surface area (Å²) in [6.07, 6.45) is 2.53. The van der Waals surface area contributed by atoms with Crippen LogP contribution in [0.2, 0.25) is 12.1 Å². The average molecular weight is 300 g/mol. The Morgan fingerprint density at radius 2 is 1.43 bits per heavy atom. The van der Waals surface area contributed by atoms with Crippen molar-refractivity contribution in [2.75, 3.05) is 7.11 Å². The third-order valence-corrected chi connectivity index (χ3v) is 7.19. The highest BCUT2D eigenvalue weighted by molar-refractivity contribution is 6.52. The third-order valence-electron chi connectivity index (χ3n) is 4.57. The lowest BCUT2D eigenvalue weighted by atomic mass is 9.92. The topological polar surface area (TPSA) is 9.23 Å². The van der Waals surface area contributed by atoms with Gasteiger partial charge in [-0.3, -0.25) is 0 Å². The molecule has 1 aliphatic heterocycles. The molecule has 0 aromatic heterocycles. The van der Waals surface area contributed by atoms with E-state index in [1.807, 2.05) is 19.2 Å². The molecule has 3 rings (SSSR count). The van der Waals surface area contributed by atoms with E-state index in [1.54, 1.807) is 0 Å². The van der Waals surface area contributed by atoms with Gasteiger partial charge in [-0.15, -0.1) is 0 Å². The van der Waals surface area contributed by atoms with E-state index in [4.69, 9.17) is 4.43 Å². The first kappa shape index (κ1) is 14.5. The predicted octanol–water partition coefficient (Wildman–Crippen LogP) is 4.74. The fraction of sp³-hybridized carbons (Fsp3) is 0.333. The summed E-state index contributed by atoms with van der Waals surface area (Å²) >= 11 is 0. The molecular formula is C18H21FOSi. The average Bonchev–Trinajstić information content (AvgIpc) is 2.56. The van der Waals surface area contributed by atoms with Crippen LogP contribution in [-0.4, -0.2) is 16.2 Å². The van der Waals surface area contributed by atoms with Crippen LogP contribution in [0.4, 0.5) is 4.39 Å². The van der Waals surface area contributed by atoms with Crippen LogP contribution in [0, 0.1) is 5.82 Å². The highest BCUT2D eigenvalue weighted by Crippen LogP contribution is 2.34. The molecule has 2 aromatic rings. The first-order chi connectivity index (χ1) is 10.3. The molecule has 0 aliphatic carbocycles. The van der Waals surface area contributed by atoms with E-state index in [0.717, 1.165) is 11.1 Å². The second-order valence-electron chi connectivity index (χ2n) is 5.84. The Bertz CT molecular complexity index is 571. The second kappa shape index (κ2) is 6.54. The number of hydrogen-bond donors (Lipinski definition) is 0. The minimum atomic E-state index is -0.867. The van der Waals surface area contributed by atoms with Crippen molar-refractivity contribution in [1.29, 1.82) is 0 Å². The Kier molecular flexibility index (Phi) is 4.51. The minimum absolute atomic E-state index is 0.186. The van der Waals surface area contributed by atoms with Crippen molar-refractivity contribution in [2.45, 2.75) is 30.8 Å². The molecule has 0 bridgehead atoms. The summed E-state index contributed by atoms with van der Waals surface area (Å²) in [5.41, 5.74) is 3.65. The van der Waals surface area contributed by atoms with Crippen molar-refractivity contribution in [2.24, 2.45) is 0 Å². The van der Waals surface area contributed by atoms with Crippen LogP contribution in [0.5, 0.6) is 0 Å². The minimum Gasteiger partial charge on any atom is -0.423 e. The van der Waals surface area contributed by atoms with Crippen LogP contribution in [0.15, 0.2) is 48.5 Å². The van der Waals surface area contributed by atoms with Gasteiger partial charge < -0.3 is 4.43 Å². The summed E-state index contributed by atoms with van der Waals surface area (Å²) in [7, 11) is 1.00. The maximum Gasteiger partial charge on any atom is 0.176 e. The molecule has 0 spiro atoms. The number of hydrogen-bond acceptors (Lipinski definition) is 1. The monoisotopic (exact) mass is 300 g/mol. The van der Waals surface area contributed by atoms with E-state index >= 15 is 0 Å². The number of rotatable bonds is 3. The molecule has 0 N–H and O–H groups in total. The van der Waals surface area contributed by atoms with Gasteiger partial charge >= 0.3 is 0 Å². The smallest absolute Gasteiger partial charge is 0.176 e. The zero-order valence-corrected chi connectivity index (χ0v) is 13.5. The first-order valence-corrected chi connectivity index (χ1v) is 9.75. The van der Waals surface area contributed by atoms with Crippen LogP contribution in [0.3, 0.4) is 0 Å². The molecule has 1 heterocycles. The van der Waals surface area contributed by atoms with Crippen molar-refractivity contribution in [1.82, 2.24) is 0 Å². The zero-order chi connectivity index (χ0) is 14.7. The van der Waals surface area contributed by atoms with Gasteiger partial charge in [-0.2, -0.15) is 0 Å². The lowest BCUT2D eigenvalue weighted by Crippen LogP contribution is -2.22. The van der Waals surface area contributed by atoms with Crippen LogP contribution in [-0.2, 0) is 4.43 Å². The molecule has 1 aliphatic rings. The molecular weight excluding hydrogens is 279 g/mol. The van der Waals surface area contributed by atoms with Gasteiger partial charge in [-0.05, 0) is 59.7 Å². The van der Waals surface area contributed by atoms with Gasteiger partial charge in [-0.1, -0.05) is 36.4 Å². The van der Waals surface area contributed by atoms with Crippen molar-refractivity contribution in [3.05, 3.63) is 59.9 Å². The van der Waals surface area contributed by atoms with Crippen LogP contribution < -0.4 is 0 Å². The molecule has 0 amide bonds. The highest BCUT2D eigenvalue weighted by atomic mass is 28.3. The molecule has 0 atom stereocenters. The summed E-state index contributed by atoms with van der Waals surface area (Å²) in [4.78, 5) is 0. The van der Waals surface area contributed by atoms with E-state index < -0.39 is 9.04 Å². The van der Waals surface area contributed by atoms with Crippen molar-refractivity contribution < 1.29 is 8.82 Å². The summed E-state index contributed by atoms with van der Waals surface area (Å²) in [6, 6.07) is 18.1. The summed E-state index contributed by atoms with van der Waals surface area (Å²) in [5.74, 6) is 0.501. The Morgan fingerprint density at radius 1 is 0.905 bits per heavy atom. The summed E-state index contributed by atoms with van der Waals surface area (Å²) < 4.78 is 18.5. The molecule has 21 heavy (non-hydrogen) atoms. The largest absolute Gasteiger partial charge is 0.423 e. The Hall–Kier alpha value is -1.45. The van der Waals surface area contributed by atoms with Crippen molar-refractivity contribution in [3.63, 3.8) is 0 Å². The van der Waals surface area contributed by atoms with Crippen molar-refractivity contribution in [3.8, 4) is 11.1 Å². The molecule has 1 nitrogen and oxygen atoms in total. The van der Waals surface area contributed by atoms with Gasteiger partial charge in [0.2, 0.25) is 0 Å². The van der Waals surface area contributed by atoms with Gasteiger partial charge in [0.15, 0.2) is 9.04 Å². The summed E-state index contributed by atoms with van der Waals surface area (Å²) in [6.45, 7) is 0. The maximum absolute atomic E-state index is 13.0. The van der Waals surface area contributed by atoms with E-state index in [0.29, 0.717) is 5.92 Å². The van der Waals surface area contributed by atoms with Gasteiger partial charge in [-0.25, -0.2) is 4.39 Å². The lowest BCUT2D eigenvalue weighted by molar-refractivity contribution is 0.398. The molecule has 2 aromatic carbocycles. The van der Waals surface area contributed by atoms with E-state index in [2.05, 4.69) is 24.3 Å². The quantitative estimate of drug-likeness (QED) is 0.744. The van der Waals surface area contributed by atoms with Gasteiger partial charge in [0.1, 0.15) is 5.82 Å². The fourth-order valence-electron chi connectivity index (χ4n) is 3.22. The highest BCUT2D eigenvalue weighted by Gasteiger charge is 2.23. The molecule has 0 saturated carbocycles. The van der Waals surface area contributed by atoms with Crippen LogP contribution in [0.25, 0.3) is 11.1 Å². The number of benzene rings is 2. The SMILES string of the molecule is CO[SiH]1CCC(c2ccc(-c3ccc(F)cc3)cc2)CC1. The summed E-state index contributed by atoms with van der Waals surface area (Å²) in [5, 5.41) is 0. The van der Waals surface area contributed by atoms with Gasteiger partial charge in [0, 0.05) is 7.11 Å². The zero-order valence-electron chi connectivity index (χ0n) is 12.4. The standard InChI is InChI=1S/C18H21FOSi/c1-20-21-12-10-17(11-13-21)15-4-2-14(3-5-15)16-6-8-18(19)9-7-16/h2-9,17,21H,10-13H2,1H3. The first-order valence-electron chi connectivity index (χ1n) is 7.65. The Balaban J connectivity index is 1.71. The molecule has 1 fully saturated rings. The van der Waals surface area contributed by atoms with Gasteiger partial charge in [0.05, 0.1) is 0 Å². The fourth-order valence-corrected chi connectivity index (χ4v) is 5.53. The van der Waals surface area contributed by atoms with E-state index in [-0.39, 0.29) is 5.82 Å². The van der Waals surface area contributed by atoms with Gasteiger partial charge in [0.25, 0.3) is 0 Å². The van der Waals surface area contributed by atoms with Crippen molar-refractivity contribution >= 4 is 9.04 Å². The molecule has 0 radical (unpaired) electrons. The third kappa shape index (κ3) is 3.42. The Morgan fingerprint density at radius 3 is 1.95 bits per heavy atom. The lowest BCUT2D eigenvalue weighted by Gasteiger charge is -2.26. The predicted molar refractivity (Wildman–Crippen MR) is 87.6 cm³/mol. The maximum atomic E-state index is 13.0. The molecule has 3 heteroatoms. The molecule has 110 valence electrons. The van der Waals surface area contributed by atoms with Crippen LogP contribution >= 0.6 is 0 Å². The molecule has 0 unspecified atom stereocenters. The Labute approximate surface area is 127 Å². The van der Waals surface area contributed by atoms with E-state index in [1.165, 1.54) is 42.6 Å².